The van der Waals surface area contributed by atoms with Gasteiger partial charge in [0.1, 0.15) is 17.1 Å². The molecular formula is C21H17FN4O. The number of nitrogens with zero attached hydrogens (tertiary/aromatic N) is 3. The van der Waals surface area contributed by atoms with Gasteiger partial charge in [-0.15, -0.1) is 0 Å². The Balaban J connectivity index is 1.78. The molecule has 0 fully saturated rings. The molecule has 6 heteroatoms. The van der Waals surface area contributed by atoms with E-state index in [4.69, 9.17) is 15.5 Å². The number of ether oxygens (including phenoxy) is 1. The van der Waals surface area contributed by atoms with Crippen LogP contribution >= 0.6 is 0 Å². The molecule has 0 saturated heterocycles. The maximum absolute atomic E-state index is 13.2. The number of nitrogens with two attached hydrogens (primary N) is 1. The van der Waals surface area contributed by atoms with Crippen LogP contribution in [0.5, 0.6) is 5.75 Å². The number of fused-ring (bicyclic) bond motifs is 1. The molecule has 0 aliphatic heterocycles. The van der Waals surface area contributed by atoms with Gasteiger partial charge in [-0.3, -0.25) is 0 Å². The van der Waals surface area contributed by atoms with Crippen molar-refractivity contribution in [1.82, 2.24) is 15.0 Å². The van der Waals surface area contributed by atoms with Crippen LogP contribution in [-0.2, 0) is 6.42 Å². The summed E-state index contributed by atoms with van der Waals surface area (Å²) in [4.78, 5) is 13.4. The summed E-state index contributed by atoms with van der Waals surface area (Å²) in [6, 6.07) is 17.7. The molecule has 2 N–H and O–H groups in total. The first-order valence-corrected chi connectivity index (χ1v) is 8.44. The van der Waals surface area contributed by atoms with Crippen LogP contribution in [0.25, 0.3) is 22.3 Å². The molecule has 4 rings (SSSR count). The zero-order valence-electron chi connectivity index (χ0n) is 14.7. The third-order valence-corrected chi connectivity index (χ3v) is 4.30. The highest BCUT2D eigenvalue weighted by Gasteiger charge is 2.11. The second kappa shape index (κ2) is 6.99. The average Bonchev–Trinajstić information content (AvgIpc) is 2.69. The van der Waals surface area contributed by atoms with Crippen molar-refractivity contribution in [3.05, 3.63) is 77.7 Å². The minimum absolute atomic E-state index is 0.211. The van der Waals surface area contributed by atoms with E-state index in [0.717, 1.165) is 28.3 Å². The summed E-state index contributed by atoms with van der Waals surface area (Å²) in [6.07, 6.45) is 0.563. The predicted molar refractivity (Wildman–Crippen MR) is 103 cm³/mol. The summed E-state index contributed by atoms with van der Waals surface area (Å²) in [5.41, 5.74) is 10.6. The number of benzene rings is 2. The molecule has 0 aliphatic rings. The standard InChI is InChI=1S/C21H17FN4O/c1-27-16-8-2-13(3-9-16)12-19-20-18(25-21(23)26-19)11-10-17(24-20)14-4-6-15(22)7-5-14/h2-11H,12H2,1H3,(H2,23,25,26). The molecule has 2 aromatic carbocycles. The maximum Gasteiger partial charge on any atom is 0.220 e. The number of aromatic nitrogens is 3. The molecule has 5 nitrogen and oxygen atoms in total. The minimum atomic E-state index is -0.282. The Bertz CT molecular complexity index is 1100. The molecule has 0 aliphatic carbocycles. The van der Waals surface area contributed by atoms with Crippen LogP contribution in [0.15, 0.2) is 60.7 Å². The Morgan fingerprint density at radius 2 is 1.63 bits per heavy atom. The number of methoxy groups -OCH3 is 1. The van der Waals surface area contributed by atoms with Crippen LogP contribution in [0, 0.1) is 5.82 Å². The van der Waals surface area contributed by atoms with E-state index >= 15 is 0 Å². The Kier molecular flexibility index (Phi) is 4.38. The first kappa shape index (κ1) is 16.9. The molecule has 0 spiro atoms. The van der Waals surface area contributed by atoms with Gasteiger partial charge in [0.25, 0.3) is 0 Å². The van der Waals surface area contributed by atoms with Gasteiger partial charge >= 0.3 is 0 Å². The number of anilines is 1. The van der Waals surface area contributed by atoms with Crippen LogP contribution in [0.2, 0.25) is 0 Å². The fourth-order valence-corrected chi connectivity index (χ4v) is 2.94. The van der Waals surface area contributed by atoms with Crippen molar-refractivity contribution in [3.8, 4) is 17.0 Å². The smallest absolute Gasteiger partial charge is 0.220 e. The maximum atomic E-state index is 13.2. The highest BCUT2D eigenvalue weighted by Crippen LogP contribution is 2.24. The Morgan fingerprint density at radius 3 is 2.33 bits per heavy atom. The van der Waals surface area contributed by atoms with Gasteiger partial charge in [-0.2, -0.15) is 0 Å². The zero-order valence-corrected chi connectivity index (χ0v) is 14.7. The second-order valence-electron chi connectivity index (χ2n) is 6.12. The molecule has 0 atom stereocenters. The monoisotopic (exact) mass is 360 g/mol. The molecule has 0 amide bonds. The predicted octanol–water partition coefficient (Wildman–Crippen LogP) is 4.01. The van der Waals surface area contributed by atoms with E-state index in [-0.39, 0.29) is 11.8 Å². The summed E-state index contributed by atoms with van der Waals surface area (Å²) in [7, 11) is 1.63. The van der Waals surface area contributed by atoms with Crippen LogP contribution in [0.4, 0.5) is 10.3 Å². The van der Waals surface area contributed by atoms with E-state index in [0.29, 0.717) is 17.5 Å². The lowest BCUT2D eigenvalue weighted by atomic mass is 10.1. The Morgan fingerprint density at radius 1 is 0.889 bits per heavy atom. The zero-order chi connectivity index (χ0) is 18.8. The summed E-state index contributed by atoms with van der Waals surface area (Å²) < 4.78 is 18.4. The Labute approximate surface area is 155 Å². The minimum Gasteiger partial charge on any atom is -0.497 e. The molecule has 0 radical (unpaired) electrons. The van der Waals surface area contributed by atoms with Crippen molar-refractivity contribution in [2.24, 2.45) is 0 Å². The first-order chi connectivity index (χ1) is 13.1. The summed E-state index contributed by atoms with van der Waals surface area (Å²) in [5.74, 6) is 0.723. The highest BCUT2D eigenvalue weighted by molar-refractivity contribution is 5.81. The van der Waals surface area contributed by atoms with E-state index < -0.39 is 0 Å². The largest absolute Gasteiger partial charge is 0.497 e. The van der Waals surface area contributed by atoms with Crippen molar-refractivity contribution >= 4 is 17.0 Å². The van der Waals surface area contributed by atoms with Gasteiger partial charge in [-0.25, -0.2) is 19.3 Å². The van der Waals surface area contributed by atoms with Crippen LogP contribution in [0.1, 0.15) is 11.3 Å². The van der Waals surface area contributed by atoms with Crippen molar-refractivity contribution < 1.29 is 9.13 Å². The summed E-state index contributed by atoms with van der Waals surface area (Å²) in [5, 5.41) is 0. The highest BCUT2D eigenvalue weighted by atomic mass is 19.1. The number of pyridine rings is 1. The van der Waals surface area contributed by atoms with Crippen LogP contribution < -0.4 is 10.5 Å². The quantitative estimate of drug-likeness (QED) is 0.595. The SMILES string of the molecule is COc1ccc(Cc2nc(N)nc3ccc(-c4ccc(F)cc4)nc23)cc1. The van der Waals surface area contributed by atoms with Gasteiger partial charge in [0.2, 0.25) is 5.95 Å². The molecule has 2 aromatic heterocycles. The lowest BCUT2D eigenvalue weighted by Crippen LogP contribution is -2.03. The van der Waals surface area contributed by atoms with Crippen molar-refractivity contribution in [2.45, 2.75) is 6.42 Å². The van der Waals surface area contributed by atoms with Crippen molar-refractivity contribution in [3.63, 3.8) is 0 Å². The third-order valence-electron chi connectivity index (χ3n) is 4.30. The Hall–Kier alpha value is -3.54. The van der Waals surface area contributed by atoms with Crippen LogP contribution in [0.3, 0.4) is 0 Å². The molecule has 134 valence electrons. The van der Waals surface area contributed by atoms with Crippen LogP contribution in [-0.4, -0.2) is 22.1 Å². The van der Waals surface area contributed by atoms with Gasteiger partial charge in [0, 0.05) is 12.0 Å². The summed E-state index contributed by atoms with van der Waals surface area (Å²) >= 11 is 0. The van der Waals surface area contributed by atoms with E-state index in [1.54, 1.807) is 19.2 Å². The lowest BCUT2D eigenvalue weighted by Gasteiger charge is -2.09. The van der Waals surface area contributed by atoms with Gasteiger partial charge in [0.05, 0.1) is 24.0 Å². The van der Waals surface area contributed by atoms with Crippen molar-refractivity contribution in [1.29, 1.82) is 0 Å². The van der Waals surface area contributed by atoms with Gasteiger partial charge in [0.15, 0.2) is 0 Å². The summed E-state index contributed by atoms with van der Waals surface area (Å²) in [6.45, 7) is 0. The fraction of sp³-hybridized carbons (Fsp3) is 0.0952. The molecule has 4 aromatic rings. The van der Waals surface area contributed by atoms with E-state index in [1.165, 1.54) is 12.1 Å². The number of nitrogen functional groups attached to an aromatic ring is 1. The number of hydrogen-bond acceptors (Lipinski definition) is 5. The molecular weight excluding hydrogens is 343 g/mol. The fourth-order valence-electron chi connectivity index (χ4n) is 2.94. The average molecular weight is 360 g/mol. The third kappa shape index (κ3) is 3.55. The van der Waals surface area contributed by atoms with Crippen molar-refractivity contribution in [2.75, 3.05) is 12.8 Å². The lowest BCUT2D eigenvalue weighted by molar-refractivity contribution is 0.414. The molecule has 27 heavy (non-hydrogen) atoms. The molecule has 0 unspecified atom stereocenters. The van der Waals surface area contributed by atoms with Gasteiger partial charge in [-0.05, 0) is 54.1 Å². The molecule has 0 saturated carbocycles. The molecule has 2 heterocycles. The normalized spacial score (nSPS) is 10.9. The second-order valence-corrected chi connectivity index (χ2v) is 6.12. The first-order valence-electron chi connectivity index (χ1n) is 8.44. The van der Waals surface area contributed by atoms with Gasteiger partial charge < -0.3 is 10.5 Å². The molecule has 0 bridgehead atoms. The van der Waals surface area contributed by atoms with E-state index in [9.17, 15) is 4.39 Å². The number of rotatable bonds is 4. The van der Waals surface area contributed by atoms with E-state index in [2.05, 4.69) is 9.97 Å². The number of hydrogen-bond donors (Lipinski definition) is 1. The van der Waals surface area contributed by atoms with Gasteiger partial charge in [-0.1, -0.05) is 12.1 Å². The number of halogens is 1. The van der Waals surface area contributed by atoms with E-state index in [1.807, 2.05) is 36.4 Å². The topological polar surface area (TPSA) is 73.9 Å².